The van der Waals surface area contributed by atoms with E-state index in [1.54, 1.807) is 0 Å². The van der Waals surface area contributed by atoms with Gasteiger partial charge in [0, 0.05) is 5.92 Å². The van der Waals surface area contributed by atoms with Gasteiger partial charge in [-0.15, -0.1) is 0 Å². The van der Waals surface area contributed by atoms with Gasteiger partial charge in [0.25, 0.3) is 0 Å². The maximum atomic E-state index is 12.8. The van der Waals surface area contributed by atoms with Gasteiger partial charge in [-0.1, -0.05) is 66.2 Å². The second kappa shape index (κ2) is 9.19. The number of carbonyl (C=O) groups excluding carboxylic acids is 2. The summed E-state index contributed by atoms with van der Waals surface area (Å²) in [4.78, 5) is 36.9. The van der Waals surface area contributed by atoms with Crippen molar-refractivity contribution in [2.24, 2.45) is 0 Å². The molecular formula is C26H23ClN2O5. The Balaban J connectivity index is 1.43. The molecule has 0 saturated heterocycles. The van der Waals surface area contributed by atoms with Crippen molar-refractivity contribution in [1.82, 2.24) is 5.32 Å². The summed E-state index contributed by atoms with van der Waals surface area (Å²) in [5.41, 5.74) is 2.80. The number of ether oxygens (including phenoxy) is 1. The van der Waals surface area contributed by atoms with Gasteiger partial charge in [-0.05, 0) is 48.2 Å². The van der Waals surface area contributed by atoms with Crippen molar-refractivity contribution in [3.8, 4) is 11.1 Å². The summed E-state index contributed by atoms with van der Waals surface area (Å²) in [7, 11) is 0. The number of rotatable bonds is 6. The van der Waals surface area contributed by atoms with Crippen LogP contribution in [0.3, 0.4) is 0 Å². The zero-order chi connectivity index (χ0) is 24.5. The number of carboxylic acid groups (broad SMARTS) is 1. The van der Waals surface area contributed by atoms with Crippen molar-refractivity contribution in [1.29, 1.82) is 0 Å². The van der Waals surface area contributed by atoms with Crippen molar-refractivity contribution in [2.45, 2.75) is 25.3 Å². The summed E-state index contributed by atoms with van der Waals surface area (Å²) in [5.74, 6) is -2.01. The van der Waals surface area contributed by atoms with Gasteiger partial charge in [0.1, 0.15) is 17.7 Å². The van der Waals surface area contributed by atoms with E-state index < -0.39 is 23.5 Å². The Hall–Kier alpha value is -3.84. The van der Waals surface area contributed by atoms with Gasteiger partial charge in [0.05, 0.1) is 10.7 Å². The molecule has 0 bridgehead atoms. The second-order valence-electron chi connectivity index (χ2n) is 8.50. The minimum Gasteiger partial charge on any atom is -0.478 e. The molecule has 1 aliphatic carbocycles. The number of amides is 2. The van der Waals surface area contributed by atoms with Crippen LogP contribution in [0.4, 0.5) is 10.5 Å². The van der Waals surface area contributed by atoms with Crippen molar-refractivity contribution in [2.75, 3.05) is 11.9 Å². The van der Waals surface area contributed by atoms with E-state index in [4.69, 9.17) is 16.3 Å². The molecule has 3 aromatic rings. The molecule has 0 saturated carbocycles. The zero-order valence-corrected chi connectivity index (χ0v) is 19.3. The van der Waals surface area contributed by atoms with Crippen LogP contribution in [0, 0.1) is 0 Å². The smallest absolute Gasteiger partial charge is 0.408 e. The molecular weight excluding hydrogens is 456 g/mol. The summed E-state index contributed by atoms with van der Waals surface area (Å²) in [6.07, 6.45) is -0.758. The molecule has 2 amide bonds. The lowest BCUT2D eigenvalue weighted by Crippen LogP contribution is -2.52. The Morgan fingerprint density at radius 3 is 2.12 bits per heavy atom. The highest BCUT2D eigenvalue weighted by Crippen LogP contribution is 2.44. The standard InChI is InChI=1S/C26H23ClN2O5/c1-26(2,24(32)28-21-13-7-12-20(27)22(21)23(30)31)29-25(33)34-14-19-17-10-5-3-8-15(17)16-9-4-6-11-18(16)19/h3-13,19H,14H2,1-2H3,(H,28,32)(H,29,33)(H,30,31). The Morgan fingerprint density at radius 2 is 1.53 bits per heavy atom. The van der Waals surface area contributed by atoms with Crippen LogP contribution < -0.4 is 10.6 Å². The van der Waals surface area contributed by atoms with Crippen LogP contribution in [0.2, 0.25) is 5.02 Å². The number of carboxylic acids is 1. The lowest BCUT2D eigenvalue weighted by Gasteiger charge is -2.25. The first-order valence-corrected chi connectivity index (χ1v) is 11.0. The summed E-state index contributed by atoms with van der Waals surface area (Å²) in [6.45, 7) is 3.10. The highest BCUT2D eigenvalue weighted by molar-refractivity contribution is 6.34. The molecule has 0 spiro atoms. The third-order valence-electron chi connectivity index (χ3n) is 5.80. The predicted octanol–water partition coefficient (Wildman–Crippen LogP) is 5.29. The average Bonchev–Trinajstić information content (AvgIpc) is 3.11. The lowest BCUT2D eigenvalue weighted by molar-refractivity contribution is -0.121. The van der Waals surface area contributed by atoms with Gasteiger partial charge in [-0.2, -0.15) is 0 Å². The maximum Gasteiger partial charge on any atom is 0.408 e. The molecule has 0 atom stereocenters. The van der Waals surface area contributed by atoms with E-state index >= 15 is 0 Å². The lowest BCUT2D eigenvalue weighted by atomic mass is 9.98. The number of halogens is 1. The number of nitrogens with one attached hydrogen (secondary N) is 2. The Morgan fingerprint density at radius 1 is 0.941 bits per heavy atom. The average molecular weight is 479 g/mol. The molecule has 0 aromatic heterocycles. The fourth-order valence-electron chi connectivity index (χ4n) is 4.07. The molecule has 0 fully saturated rings. The van der Waals surface area contributed by atoms with E-state index in [2.05, 4.69) is 10.6 Å². The first kappa shape index (κ1) is 23.3. The highest BCUT2D eigenvalue weighted by atomic mass is 35.5. The normalized spacial score (nSPS) is 12.4. The molecule has 3 N–H and O–H groups in total. The number of alkyl carbamates (subject to hydrolysis) is 1. The largest absolute Gasteiger partial charge is 0.478 e. The third-order valence-corrected chi connectivity index (χ3v) is 6.12. The van der Waals surface area contributed by atoms with Crippen LogP contribution in [-0.4, -0.2) is 35.2 Å². The summed E-state index contributed by atoms with van der Waals surface area (Å²) in [6, 6.07) is 20.3. The highest BCUT2D eigenvalue weighted by Gasteiger charge is 2.33. The van der Waals surface area contributed by atoms with Crippen LogP contribution >= 0.6 is 11.6 Å². The first-order valence-electron chi connectivity index (χ1n) is 10.7. The Kier molecular flexibility index (Phi) is 6.30. The van der Waals surface area contributed by atoms with Crippen molar-refractivity contribution in [3.63, 3.8) is 0 Å². The molecule has 0 aliphatic heterocycles. The number of hydrogen-bond donors (Lipinski definition) is 3. The van der Waals surface area contributed by atoms with E-state index in [0.29, 0.717) is 0 Å². The summed E-state index contributed by atoms with van der Waals surface area (Å²) in [5, 5.41) is 14.5. The minimum absolute atomic E-state index is 0.00685. The molecule has 8 heteroatoms. The van der Waals surface area contributed by atoms with Gasteiger partial charge in [-0.3, -0.25) is 4.79 Å². The number of anilines is 1. The molecule has 4 rings (SSSR count). The fourth-order valence-corrected chi connectivity index (χ4v) is 4.33. The predicted molar refractivity (Wildman–Crippen MR) is 129 cm³/mol. The van der Waals surface area contributed by atoms with Crippen molar-refractivity contribution >= 4 is 35.3 Å². The number of fused-ring (bicyclic) bond motifs is 3. The second-order valence-corrected chi connectivity index (χ2v) is 8.90. The topological polar surface area (TPSA) is 105 Å². The fraction of sp³-hybridized carbons (Fsp3) is 0.192. The van der Waals surface area contributed by atoms with E-state index in [0.717, 1.165) is 22.3 Å². The Bertz CT molecular complexity index is 1240. The molecule has 0 heterocycles. The van der Waals surface area contributed by atoms with E-state index in [1.165, 1.54) is 32.0 Å². The Labute approximate surface area is 201 Å². The molecule has 7 nitrogen and oxygen atoms in total. The third kappa shape index (κ3) is 4.47. The van der Waals surface area contributed by atoms with Gasteiger partial charge in [-0.25, -0.2) is 9.59 Å². The molecule has 174 valence electrons. The molecule has 3 aromatic carbocycles. The summed E-state index contributed by atoms with van der Waals surface area (Å²) < 4.78 is 5.51. The SMILES string of the molecule is CC(C)(NC(=O)OCC1c2ccccc2-c2ccccc21)C(=O)Nc1cccc(Cl)c1C(=O)O. The van der Waals surface area contributed by atoms with Crippen LogP contribution in [0.1, 0.15) is 41.3 Å². The number of benzene rings is 3. The molecule has 0 radical (unpaired) electrons. The quantitative estimate of drug-likeness (QED) is 0.446. The zero-order valence-electron chi connectivity index (χ0n) is 18.6. The van der Waals surface area contributed by atoms with E-state index in [-0.39, 0.29) is 28.8 Å². The van der Waals surface area contributed by atoms with Crippen molar-refractivity contribution in [3.05, 3.63) is 88.4 Å². The molecule has 1 aliphatic rings. The molecule has 34 heavy (non-hydrogen) atoms. The summed E-state index contributed by atoms with van der Waals surface area (Å²) >= 11 is 5.96. The van der Waals surface area contributed by atoms with Gasteiger partial charge >= 0.3 is 12.1 Å². The van der Waals surface area contributed by atoms with Crippen LogP contribution in [0.5, 0.6) is 0 Å². The number of carbonyl (C=O) groups is 3. The van der Waals surface area contributed by atoms with Gasteiger partial charge in [0.15, 0.2) is 0 Å². The van der Waals surface area contributed by atoms with E-state index in [1.807, 2.05) is 48.5 Å². The van der Waals surface area contributed by atoms with E-state index in [9.17, 15) is 19.5 Å². The van der Waals surface area contributed by atoms with Gasteiger partial charge < -0.3 is 20.5 Å². The maximum absolute atomic E-state index is 12.8. The number of hydrogen-bond acceptors (Lipinski definition) is 4. The van der Waals surface area contributed by atoms with Crippen LogP contribution in [-0.2, 0) is 9.53 Å². The number of aromatic carboxylic acids is 1. The van der Waals surface area contributed by atoms with Crippen molar-refractivity contribution < 1.29 is 24.2 Å². The van der Waals surface area contributed by atoms with Gasteiger partial charge in [0.2, 0.25) is 5.91 Å². The van der Waals surface area contributed by atoms with Crippen LogP contribution in [0.25, 0.3) is 11.1 Å². The molecule has 0 unspecified atom stereocenters. The van der Waals surface area contributed by atoms with Crippen LogP contribution in [0.15, 0.2) is 66.7 Å². The monoisotopic (exact) mass is 478 g/mol. The first-order chi connectivity index (χ1) is 16.2. The minimum atomic E-state index is -1.39.